The van der Waals surface area contributed by atoms with Crippen molar-refractivity contribution in [3.63, 3.8) is 0 Å². The van der Waals surface area contributed by atoms with Crippen molar-refractivity contribution in [3.05, 3.63) is 35.5 Å². The highest BCUT2D eigenvalue weighted by Crippen LogP contribution is 2.31. The number of nitrogens with one attached hydrogen (secondary N) is 1. The number of fused-ring (bicyclic) bond motifs is 1. The van der Waals surface area contributed by atoms with Crippen LogP contribution in [0, 0.1) is 0 Å². The van der Waals surface area contributed by atoms with E-state index in [1.165, 1.54) is 6.07 Å². The Morgan fingerprint density at radius 1 is 1.17 bits per heavy atom. The largest absolute Gasteiger partial charge is 0.416 e. The SMILES string of the molecule is CC(C)(O)Cc1cc2cc(C(F)(F)F)ccc2[nH]1. The molecule has 1 aromatic carbocycles. The van der Waals surface area contributed by atoms with Crippen molar-refractivity contribution < 1.29 is 18.3 Å². The van der Waals surface area contributed by atoms with Gasteiger partial charge >= 0.3 is 6.18 Å². The summed E-state index contributed by atoms with van der Waals surface area (Å²) < 4.78 is 37.6. The summed E-state index contributed by atoms with van der Waals surface area (Å²) in [5.41, 5.74) is -0.198. The third kappa shape index (κ3) is 2.85. The Balaban J connectivity index is 2.40. The zero-order chi connectivity index (χ0) is 13.6. The van der Waals surface area contributed by atoms with Crippen molar-refractivity contribution in [1.29, 1.82) is 0 Å². The zero-order valence-corrected chi connectivity index (χ0v) is 10.1. The summed E-state index contributed by atoms with van der Waals surface area (Å²) in [6.45, 7) is 3.30. The lowest BCUT2D eigenvalue weighted by Crippen LogP contribution is -2.21. The fraction of sp³-hybridized carbons (Fsp3) is 0.385. The molecule has 1 aromatic heterocycles. The Kier molecular flexibility index (Phi) is 2.89. The van der Waals surface area contributed by atoms with Gasteiger partial charge in [-0.3, -0.25) is 0 Å². The van der Waals surface area contributed by atoms with E-state index in [1.807, 2.05) is 0 Å². The van der Waals surface area contributed by atoms with E-state index in [9.17, 15) is 18.3 Å². The van der Waals surface area contributed by atoms with Crippen LogP contribution in [-0.4, -0.2) is 15.7 Å². The average molecular weight is 257 g/mol. The monoisotopic (exact) mass is 257 g/mol. The van der Waals surface area contributed by atoms with Crippen LogP contribution in [0.2, 0.25) is 0 Å². The predicted molar refractivity (Wildman–Crippen MR) is 63.3 cm³/mol. The molecule has 2 N–H and O–H groups in total. The minimum absolute atomic E-state index is 0.364. The second-order valence-corrected chi connectivity index (χ2v) is 5.08. The van der Waals surface area contributed by atoms with Gasteiger partial charge in [0.1, 0.15) is 0 Å². The molecule has 0 amide bonds. The highest BCUT2D eigenvalue weighted by atomic mass is 19.4. The van der Waals surface area contributed by atoms with Gasteiger partial charge in [0.15, 0.2) is 0 Å². The molecule has 0 aliphatic carbocycles. The summed E-state index contributed by atoms with van der Waals surface area (Å²) in [5, 5.41) is 10.2. The highest BCUT2D eigenvalue weighted by Gasteiger charge is 2.30. The second kappa shape index (κ2) is 4.02. The molecular formula is C13H14F3NO. The molecule has 0 spiro atoms. The first-order valence-corrected chi connectivity index (χ1v) is 5.56. The van der Waals surface area contributed by atoms with Crippen molar-refractivity contribution >= 4 is 10.9 Å². The normalized spacial score (nSPS) is 13.2. The molecule has 0 atom stereocenters. The molecule has 0 radical (unpaired) electrons. The van der Waals surface area contributed by atoms with E-state index in [1.54, 1.807) is 19.9 Å². The fourth-order valence-corrected chi connectivity index (χ4v) is 1.93. The van der Waals surface area contributed by atoms with Crippen LogP contribution in [0.5, 0.6) is 0 Å². The molecule has 18 heavy (non-hydrogen) atoms. The van der Waals surface area contributed by atoms with Gasteiger partial charge in [0.2, 0.25) is 0 Å². The fourth-order valence-electron chi connectivity index (χ4n) is 1.93. The Hall–Kier alpha value is -1.49. The van der Waals surface area contributed by atoms with Crippen LogP contribution in [0.15, 0.2) is 24.3 Å². The zero-order valence-electron chi connectivity index (χ0n) is 10.1. The number of aromatic amines is 1. The summed E-state index contributed by atoms with van der Waals surface area (Å²) in [6, 6.07) is 5.21. The van der Waals surface area contributed by atoms with Gasteiger partial charge in [-0.2, -0.15) is 13.2 Å². The number of aliphatic hydroxyl groups is 1. The number of alkyl halides is 3. The molecule has 0 bridgehead atoms. The van der Waals surface area contributed by atoms with E-state index in [0.29, 0.717) is 17.3 Å². The second-order valence-electron chi connectivity index (χ2n) is 5.08. The summed E-state index contributed by atoms with van der Waals surface area (Å²) in [5.74, 6) is 0. The van der Waals surface area contributed by atoms with Crippen LogP contribution in [0.1, 0.15) is 25.1 Å². The maximum atomic E-state index is 12.5. The number of H-pyrrole nitrogens is 1. The number of aromatic nitrogens is 1. The third-order valence-electron chi connectivity index (χ3n) is 2.63. The van der Waals surface area contributed by atoms with Gasteiger partial charge in [-0.25, -0.2) is 0 Å². The maximum Gasteiger partial charge on any atom is 0.416 e. The first kappa shape index (κ1) is 13.0. The Bertz CT molecular complexity index is 564. The molecule has 0 saturated heterocycles. The van der Waals surface area contributed by atoms with E-state index < -0.39 is 17.3 Å². The van der Waals surface area contributed by atoms with Crippen molar-refractivity contribution in [2.24, 2.45) is 0 Å². The highest BCUT2D eigenvalue weighted by molar-refractivity contribution is 5.81. The molecule has 2 nitrogen and oxygen atoms in total. The minimum Gasteiger partial charge on any atom is -0.390 e. The van der Waals surface area contributed by atoms with Crippen LogP contribution >= 0.6 is 0 Å². The first-order valence-electron chi connectivity index (χ1n) is 5.56. The number of halogens is 3. The van der Waals surface area contributed by atoms with Gasteiger partial charge in [-0.1, -0.05) is 0 Å². The van der Waals surface area contributed by atoms with Crippen LogP contribution < -0.4 is 0 Å². The first-order chi connectivity index (χ1) is 8.15. The maximum absolute atomic E-state index is 12.5. The van der Waals surface area contributed by atoms with Crippen molar-refractivity contribution in [3.8, 4) is 0 Å². The lowest BCUT2D eigenvalue weighted by molar-refractivity contribution is -0.137. The number of rotatable bonds is 2. The Morgan fingerprint density at radius 3 is 2.39 bits per heavy atom. The van der Waals surface area contributed by atoms with Crippen molar-refractivity contribution in [2.75, 3.05) is 0 Å². The standard InChI is InChI=1S/C13H14F3NO/c1-12(2,18)7-10-6-8-5-9(13(14,15)16)3-4-11(8)17-10/h3-6,17-18H,7H2,1-2H3. The summed E-state index contributed by atoms with van der Waals surface area (Å²) in [6.07, 6.45) is -3.97. The molecule has 0 aliphatic heterocycles. The van der Waals surface area contributed by atoms with Gasteiger partial charge < -0.3 is 10.1 Å². The predicted octanol–water partition coefficient (Wildman–Crippen LogP) is 3.50. The molecule has 0 unspecified atom stereocenters. The summed E-state index contributed by atoms with van der Waals surface area (Å²) >= 11 is 0. The molecule has 98 valence electrons. The van der Waals surface area contributed by atoms with E-state index in [-0.39, 0.29) is 0 Å². The molecule has 0 saturated carbocycles. The summed E-state index contributed by atoms with van der Waals surface area (Å²) in [7, 11) is 0. The van der Waals surface area contributed by atoms with E-state index in [0.717, 1.165) is 17.8 Å². The lowest BCUT2D eigenvalue weighted by Gasteiger charge is -2.15. The molecule has 1 heterocycles. The molecule has 5 heteroatoms. The minimum atomic E-state index is -4.33. The van der Waals surface area contributed by atoms with Crippen molar-refractivity contribution in [2.45, 2.75) is 32.0 Å². The van der Waals surface area contributed by atoms with Gasteiger partial charge in [0, 0.05) is 23.0 Å². The van der Waals surface area contributed by atoms with E-state index in [2.05, 4.69) is 4.98 Å². The van der Waals surface area contributed by atoms with Gasteiger partial charge in [-0.15, -0.1) is 0 Å². The van der Waals surface area contributed by atoms with Gasteiger partial charge in [0.25, 0.3) is 0 Å². The number of hydrogen-bond donors (Lipinski definition) is 2. The van der Waals surface area contributed by atoms with Gasteiger partial charge in [0.05, 0.1) is 11.2 Å². The van der Waals surface area contributed by atoms with E-state index >= 15 is 0 Å². The number of hydrogen-bond acceptors (Lipinski definition) is 1. The van der Waals surface area contributed by atoms with Crippen LogP contribution in [-0.2, 0) is 12.6 Å². The quantitative estimate of drug-likeness (QED) is 0.848. The third-order valence-corrected chi connectivity index (χ3v) is 2.63. The number of benzene rings is 1. The van der Waals surface area contributed by atoms with E-state index in [4.69, 9.17) is 0 Å². The topological polar surface area (TPSA) is 36.0 Å². The van der Waals surface area contributed by atoms with Crippen LogP contribution in [0.3, 0.4) is 0 Å². The van der Waals surface area contributed by atoms with Crippen LogP contribution in [0.4, 0.5) is 13.2 Å². The molecular weight excluding hydrogens is 243 g/mol. The van der Waals surface area contributed by atoms with Crippen molar-refractivity contribution in [1.82, 2.24) is 4.98 Å². The molecule has 0 aliphatic rings. The van der Waals surface area contributed by atoms with Gasteiger partial charge in [-0.05, 0) is 38.1 Å². The lowest BCUT2D eigenvalue weighted by atomic mass is 10.0. The smallest absolute Gasteiger partial charge is 0.390 e. The molecule has 0 fully saturated rings. The Labute approximate surface area is 102 Å². The summed E-state index contributed by atoms with van der Waals surface area (Å²) in [4.78, 5) is 3.00. The van der Waals surface area contributed by atoms with Crippen LogP contribution in [0.25, 0.3) is 10.9 Å². The molecule has 2 aromatic rings. The Morgan fingerprint density at radius 2 is 1.83 bits per heavy atom. The average Bonchev–Trinajstić information content (AvgIpc) is 2.53. The molecule has 2 rings (SSSR count).